The number of cyclic esters (lactones) is 1. The van der Waals surface area contributed by atoms with Crippen molar-refractivity contribution in [3.63, 3.8) is 0 Å². The van der Waals surface area contributed by atoms with Gasteiger partial charge in [-0.3, -0.25) is 14.5 Å². The van der Waals surface area contributed by atoms with Gasteiger partial charge >= 0.3 is 12.2 Å². The van der Waals surface area contributed by atoms with Crippen LogP contribution in [0.4, 0.5) is 15.3 Å². The molecule has 4 rings (SSSR count). The lowest BCUT2D eigenvalue weighted by atomic mass is 10.1. The van der Waals surface area contributed by atoms with E-state index in [-0.39, 0.29) is 18.7 Å². The van der Waals surface area contributed by atoms with Crippen LogP contribution in [0.3, 0.4) is 0 Å². The average molecular weight is 403 g/mol. The summed E-state index contributed by atoms with van der Waals surface area (Å²) in [7, 11) is 0. The lowest BCUT2D eigenvalue weighted by Gasteiger charge is -2.35. The molecular weight excluding hydrogens is 378 g/mol. The molecule has 1 unspecified atom stereocenters. The Morgan fingerprint density at radius 3 is 2.69 bits per heavy atom. The Hall–Kier alpha value is -3.04. The molecule has 0 saturated carbocycles. The van der Waals surface area contributed by atoms with Crippen molar-refractivity contribution in [3.05, 3.63) is 29.7 Å². The molecule has 2 aromatic heterocycles. The molecule has 2 atom stereocenters. The predicted octanol–water partition coefficient (Wildman–Crippen LogP) is 3.02. The zero-order valence-corrected chi connectivity index (χ0v) is 17.2. The Bertz CT molecular complexity index is 943. The fourth-order valence-electron chi connectivity index (χ4n) is 3.51. The van der Waals surface area contributed by atoms with Gasteiger partial charge in [0.25, 0.3) is 0 Å². The lowest BCUT2D eigenvalue weighted by Crippen LogP contribution is -2.47. The maximum atomic E-state index is 12.6. The SMILES string of the molecule is Cc1ncc(C2CN(c3cnn4c3CN(C(=O)OC(C)(C)C)[C@@H](C)C4)C(=O)O2)o1. The molecule has 1 saturated heterocycles. The number of rotatable bonds is 2. The summed E-state index contributed by atoms with van der Waals surface area (Å²) in [4.78, 5) is 32.4. The summed E-state index contributed by atoms with van der Waals surface area (Å²) in [6, 6.07) is -0.0828. The fraction of sp³-hybridized carbons (Fsp3) is 0.579. The molecule has 156 valence electrons. The van der Waals surface area contributed by atoms with E-state index in [2.05, 4.69) is 10.1 Å². The van der Waals surface area contributed by atoms with Crippen molar-refractivity contribution in [2.24, 2.45) is 0 Å². The standard InChI is InChI=1S/C19H25N5O5/c1-11-8-24-14(9-22(11)18(26)29-19(3,4)5)13(6-21-24)23-10-16(28-17(23)25)15-7-20-12(2)27-15/h6-7,11,16H,8-10H2,1-5H3/t11-,16?/m0/s1. The second-order valence-corrected chi connectivity index (χ2v) is 8.38. The maximum absolute atomic E-state index is 12.6. The zero-order valence-electron chi connectivity index (χ0n) is 17.2. The van der Waals surface area contributed by atoms with Gasteiger partial charge in [0, 0.05) is 6.92 Å². The van der Waals surface area contributed by atoms with Gasteiger partial charge in [0.2, 0.25) is 0 Å². The third-order valence-electron chi connectivity index (χ3n) is 4.90. The molecule has 0 aromatic carbocycles. The van der Waals surface area contributed by atoms with Gasteiger partial charge in [0.05, 0.1) is 49.5 Å². The van der Waals surface area contributed by atoms with Gasteiger partial charge in [-0.2, -0.15) is 5.10 Å². The van der Waals surface area contributed by atoms with Crippen LogP contribution in [-0.2, 0) is 22.6 Å². The number of carbonyl (C=O) groups is 2. The number of carbonyl (C=O) groups excluding carboxylic acids is 2. The number of nitrogens with zero attached hydrogens (tertiary/aromatic N) is 5. The summed E-state index contributed by atoms with van der Waals surface area (Å²) < 4.78 is 18.3. The second-order valence-electron chi connectivity index (χ2n) is 8.38. The number of aromatic nitrogens is 3. The van der Waals surface area contributed by atoms with Crippen LogP contribution in [0.1, 0.15) is 51.1 Å². The fourth-order valence-corrected chi connectivity index (χ4v) is 3.51. The van der Waals surface area contributed by atoms with Crippen molar-refractivity contribution in [1.82, 2.24) is 19.7 Å². The van der Waals surface area contributed by atoms with Gasteiger partial charge in [0.1, 0.15) is 5.60 Å². The monoisotopic (exact) mass is 403 g/mol. The largest absolute Gasteiger partial charge is 0.444 e. The van der Waals surface area contributed by atoms with E-state index in [1.165, 1.54) is 4.90 Å². The first-order valence-electron chi connectivity index (χ1n) is 9.57. The molecule has 10 nitrogen and oxygen atoms in total. The van der Waals surface area contributed by atoms with Gasteiger partial charge in [-0.15, -0.1) is 0 Å². The minimum atomic E-state index is -0.585. The maximum Gasteiger partial charge on any atom is 0.415 e. The first-order valence-corrected chi connectivity index (χ1v) is 9.57. The number of aryl methyl sites for hydroxylation is 1. The molecule has 0 aliphatic carbocycles. The molecule has 1 fully saturated rings. The number of amides is 2. The molecule has 29 heavy (non-hydrogen) atoms. The second kappa shape index (κ2) is 6.78. The first kappa shape index (κ1) is 19.3. The van der Waals surface area contributed by atoms with Crippen LogP contribution < -0.4 is 4.90 Å². The van der Waals surface area contributed by atoms with E-state index in [0.717, 1.165) is 5.69 Å². The van der Waals surface area contributed by atoms with E-state index in [1.807, 2.05) is 32.4 Å². The van der Waals surface area contributed by atoms with E-state index < -0.39 is 17.8 Å². The third kappa shape index (κ3) is 3.66. The number of fused-ring (bicyclic) bond motifs is 1. The Labute approximate surface area is 168 Å². The molecule has 0 N–H and O–H groups in total. The van der Waals surface area contributed by atoms with Crippen LogP contribution in [0.2, 0.25) is 0 Å². The van der Waals surface area contributed by atoms with Crippen molar-refractivity contribution < 1.29 is 23.5 Å². The number of hydrogen-bond donors (Lipinski definition) is 0. The van der Waals surface area contributed by atoms with Gasteiger partial charge in [0.15, 0.2) is 17.8 Å². The zero-order chi connectivity index (χ0) is 20.9. The number of hydrogen-bond acceptors (Lipinski definition) is 7. The van der Waals surface area contributed by atoms with Crippen molar-refractivity contribution in [2.75, 3.05) is 11.4 Å². The quantitative estimate of drug-likeness (QED) is 0.759. The van der Waals surface area contributed by atoms with Crippen LogP contribution in [0.5, 0.6) is 0 Å². The highest BCUT2D eigenvalue weighted by molar-refractivity contribution is 5.90. The van der Waals surface area contributed by atoms with Crippen LogP contribution in [0.25, 0.3) is 0 Å². The van der Waals surface area contributed by atoms with Gasteiger partial charge in [-0.1, -0.05) is 0 Å². The summed E-state index contributed by atoms with van der Waals surface area (Å²) in [5, 5.41) is 4.41. The van der Waals surface area contributed by atoms with Crippen molar-refractivity contribution in [3.8, 4) is 0 Å². The predicted molar refractivity (Wildman–Crippen MR) is 101 cm³/mol. The minimum Gasteiger partial charge on any atom is -0.444 e. The molecule has 2 aromatic rings. The smallest absolute Gasteiger partial charge is 0.415 e. The molecule has 2 aliphatic heterocycles. The van der Waals surface area contributed by atoms with Crippen molar-refractivity contribution >= 4 is 17.9 Å². The number of oxazole rings is 1. The first-order chi connectivity index (χ1) is 13.6. The van der Waals surface area contributed by atoms with E-state index >= 15 is 0 Å². The minimum absolute atomic E-state index is 0.0828. The highest BCUT2D eigenvalue weighted by atomic mass is 16.6. The highest BCUT2D eigenvalue weighted by Crippen LogP contribution is 2.34. The Morgan fingerprint density at radius 1 is 1.28 bits per heavy atom. The van der Waals surface area contributed by atoms with E-state index in [0.29, 0.717) is 30.4 Å². The molecule has 0 bridgehead atoms. The van der Waals surface area contributed by atoms with Crippen LogP contribution in [0, 0.1) is 6.92 Å². The Kier molecular flexibility index (Phi) is 4.51. The van der Waals surface area contributed by atoms with Crippen molar-refractivity contribution in [2.45, 2.75) is 65.5 Å². The Morgan fingerprint density at radius 2 is 2.03 bits per heavy atom. The molecule has 4 heterocycles. The molecule has 0 spiro atoms. The summed E-state index contributed by atoms with van der Waals surface area (Å²) >= 11 is 0. The van der Waals surface area contributed by atoms with E-state index in [1.54, 1.807) is 24.2 Å². The molecule has 2 aliphatic rings. The number of ether oxygens (including phenoxy) is 2. The van der Waals surface area contributed by atoms with Gasteiger partial charge in [-0.25, -0.2) is 14.6 Å². The van der Waals surface area contributed by atoms with Crippen LogP contribution in [0.15, 0.2) is 16.8 Å². The Balaban J connectivity index is 1.56. The van der Waals surface area contributed by atoms with Gasteiger partial charge in [-0.05, 0) is 27.7 Å². The summed E-state index contributed by atoms with van der Waals surface area (Å²) in [5.41, 5.74) is 0.799. The van der Waals surface area contributed by atoms with E-state index in [9.17, 15) is 9.59 Å². The average Bonchev–Trinajstić information content (AvgIpc) is 3.30. The molecular formula is C19H25N5O5. The third-order valence-corrected chi connectivity index (χ3v) is 4.90. The molecule has 10 heteroatoms. The molecule has 0 radical (unpaired) electrons. The topological polar surface area (TPSA) is 103 Å². The lowest BCUT2D eigenvalue weighted by molar-refractivity contribution is 0.00913. The van der Waals surface area contributed by atoms with Crippen LogP contribution in [-0.4, -0.2) is 50.0 Å². The van der Waals surface area contributed by atoms with Gasteiger partial charge < -0.3 is 13.9 Å². The summed E-state index contributed by atoms with van der Waals surface area (Å²) in [5.74, 6) is 1.02. The normalized spacial score (nSPS) is 21.9. The number of anilines is 1. The summed E-state index contributed by atoms with van der Waals surface area (Å²) in [6.45, 7) is 10.3. The van der Waals surface area contributed by atoms with Crippen LogP contribution >= 0.6 is 0 Å². The van der Waals surface area contributed by atoms with E-state index in [4.69, 9.17) is 13.9 Å². The highest BCUT2D eigenvalue weighted by Gasteiger charge is 2.40. The van der Waals surface area contributed by atoms with Crippen molar-refractivity contribution in [1.29, 1.82) is 0 Å². The molecule has 2 amide bonds. The summed E-state index contributed by atoms with van der Waals surface area (Å²) in [6.07, 6.45) is 1.79.